The summed E-state index contributed by atoms with van der Waals surface area (Å²) in [4.78, 5) is 0.284. The largest absolute Gasteiger partial charge is 0.497 e. The predicted molar refractivity (Wildman–Crippen MR) is 82.9 cm³/mol. The Morgan fingerprint density at radius 1 is 1.05 bits per heavy atom. The highest BCUT2D eigenvalue weighted by Crippen LogP contribution is 2.14. The minimum absolute atomic E-state index is 0.191. The summed E-state index contributed by atoms with van der Waals surface area (Å²) >= 11 is 0. The van der Waals surface area contributed by atoms with Gasteiger partial charge in [-0.2, -0.15) is 0 Å². The highest BCUT2D eigenvalue weighted by molar-refractivity contribution is 7.89. The van der Waals surface area contributed by atoms with E-state index in [4.69, 9.17) is 4.74 Å². The van der Waals surface area contributed by atoms with Crippen LogP contribution in [-0.2, 0) is 16.4 Å². The summed E-state index contributed by atoms with van der Waals surface area (Å²) in [5.41, 5.74) is 1.05. The summed E-state index contributed by atoms with van der Waals surface area (Å²) in [6.45, 7) is 1.85. The molecule has 1 atom stereocenters. The van der Waals surface area contributed by atoms with Gasteiger partial charge >= 0.3 is 0 Å². The molecule has 0 amide bonds. The number of methoxy groups -OCH3 is 1. The molecule has 4 nitrogen and oxygen atoms in total. The number of hydrogen-bond donors (Lipinski definition) is 1. The van der Waals surface area contributed by atoms with Crippen molar-refractivity contribution in [2.75, 3.05) is 7.11 Å². The Morgan fingerprint density at radius 3 is 2.24 bits per heavy atom. The molecular weight excluding hydrogens is 286 g/mol. The van der Waals surface area contributed by atoms with Crippen LogP contribution in [0.3, 0.4) is 0 Å². The van der Waals surface area contributed by atoms with Gasteiger partial charge < -0.3 is 4.74 Å². The molecule has 0 aromatic heterocycles. The molecule has 0 saturated carbocycles. The normalized spacial score (nSPS) is 12.9. The highest BCUT2D eigenvalue weighted by Gasteiger charge is 2.16. The van der Waals surface area contributed by atoms with Crippen molar-refractivity contribution in [1.29, 1.82) is 0 Å². The van der Waals surface area contributed by atoms with Gasteiger partial charge in [-0.25, -0.2) is 13.1 Å². The van der Waals surface area contributed by atoms with Crippen molar-refractivity contribution in [1.82, 2.24) is 4.72 Å². The van der Waals surface area contributed by atoms with Crippen molar-refractivity contribution < 1.29 is 13.2 Å². The minimum atomic E-state index is -3.47. The second-order valence-electron chi connectivity index (χ2n) is 4.89. The van der Waals surface area contributed by atoms with E-state index in [1.165, 1.54) is 0 Å². The van der Waals surface area contributed by atoms with Crippen molar-refractivity contribution in [3.63, 3.8) is 0 Å². The van der Waals surface area contributed by atoms with Crippen LogP contribution >= 0.6 is 0 Å². The summed E-state index contributed by atoms with van der Waals surface area (Å²) in [7, 11) is -1.85. The maximum absolute atomic E-state index is 12.2. The summed E-state index contributed by atoms with van der Waals surface area (Å²) in [6.07, 6.45) is 0.621. The molecule has 0 fully saturated rings. The zero-order chi connectivity index (χ0) is 15.3. The van der Waals surface area contributed by atoms with E-state index in [1.54, 1.807) is 37.4 Å². The van der Waals surface area contributed by atoms with Gasteiger partial charge in [0.1, 0.15) is 5.75 Å². The Morgan fingerprint density at radius 2 is 1.67 bits per heavy atom. The summed E-state index contributed by atoms with van der Waals surface area (Å²) < 4.78 is 32.2. The van der Waals surface area contributed by atoms with Crippen molar-refractivity contribution in [2.45, 2.75) is 24.3 Å². The van der Waals surface area contributed by atoms with Crippen LogP contribution in [0.1, 0.15) is 12.5 Å². The molecule has 5 heteroatoms. The fraction of sp³-hybridized carbons (Fsp3) is 0.250. The zero-order valence-corrected chi connectivity index (χ0v) is 12.9. The van der Waals surface area contributed by atoms with Crippen LogP contribution < -0.4 is 9.46 Å². The average molecular weight is 305 g/mol. The quantitative estimate of drug-likeness (QED) is 0.892. The maximum atomic E-state index is 12.2. The third-order valence-electron chi connectivity index (χ3n) is 3.11. The molecule has 0 radical (unpaired) electrons. The third-order valence-corrected chi connectivity index (χ3v) is 4.72. The molecule has 2 aromatic rings. The molecule has 112 valence electrons. The average Bonchev–Trinajstić information content (AvgIpc) is 2.48. The highest BCUT2D eigenvalue weighted by atomic mass is 32.2. The van der Waals surface area contributed by atoms with Crippen LogP contribution in [0.15, 0.2) is 59.5 Å². The van der Waals surface area contributed by atoms with Gasteiger partial charge in [-0.1, -0.05) is 30.3 Å². The van der Waals surface area contributed by atoms with Crippen LogP contribution in [0.4, 0.5) is 0 Å². The summed E-state index contributed by atoms with van der Waals surface area (Å²) in [6, 6.07) is 15.8. The van der Waals surface area contributed by atoms with E-state index in [9.17, 15) is 8.42 Å². The molecule has 2 aromatic carbocycles. The first kappa shape index (κ1) is 15.5. The Hall–Kier alpha value is -1.85. The zero-order valence-electron chi connectivity index (χ0n) is 12.1. The molecule has 21 heavy (non-hydrogen) atoms. The van der Waals surface area contributed by atoms with Gasteiger partial charge in [0.25, 0.3) is 0 Å². The SMILES string of the molecule is COc1ccc(C[C@@H](C)NS(=O)(=O)c2ccccc2)cc1. The lowest BCUT2D eigenvalue weighted by Gasteiger charge is -2.14. The van der Waals surface area contributed by atoms with Crippen LogP contribution in [0.5, 0.6) is 5.75 Å². The van der Waals surface area contributed by atoms with Gasteiger partial charge in [0, 0.05) is 6.04 Å². The van der Waals surface area contributed by atoms with Gasteiger partial charge in [-0.15, -0.1) is 0 Å². The van der Waals surface area contributed by atoms with Crippen molar-refractivity contribution in [3.05, 3.63) is 60.2 Å². The Bertz CT molecular complexity index is 666. The summed E-state index contributed by atoms with van der Waals surface area (Å²) in [5.74, 6) is 0.788. The van der Waals surface area contributed by atoms with E-state index in [2.05, 4.69) is 4.72 Å². The van der Waals surface area contributed by atoms with E-state index in [0.29, 0.717) is 6.42 Å². The molecule has 0 saturated heterocycles. The molecule has 0 spiro atoms. The monoisotopic (exact) mass is 305 g/mol. The van der Waals surface area contributed by atoms with Crippen LogP contribution in [0.25, 0.3) is 0 Å². The van der Waals surface area contributed by atoms with Gasteiger partial charge in [0.15, 0.2) is 0 Å². The first-order valence-electron chi connectivity index (χ1n) is 6.71. The van der Waals surface area contributed by atoms with Crippen LogP contribution in [-0.4, -0.2) is 21.6 Å². The first-order valence-corrected chi connectivity index (χ1v) is 8.20. The smallest absolute Gasteiger partial charge is 0.240 e. The van der Waals surface area contributed by atoms with E-state index in [-0.39, 0.29) is 10.9 Å². The van der Waals surface area contributed by atoms with Crippen molar-refractivity contribution >= 4 is 10.0 Å². The van der Waals surface area contributed by atoms with Crippen LogP contribution in [0, 0.1) is 0 Å². The van der Waals surface area contributed by atoms with Crippen LogP contribution in [0.2, 0.25) is 0 Å². The number of nitrogens with one attached hydrogen (secondary N) is 1. The number of hydrogen-bond acceptors (Lipinski definition) is 3. The molecule has 0 bridgehead atoms. The molecule has 0 aliphatic carbocycles. The summed E-state index contributed by atoms with van der Waals surface area (Å²) in [5, 5.41) is 0. The Kier molecular flexibility index (Phi) is 4.98. The molecule has 2 rings (SSSR count). The molecule has 0 aliphatic rings. The number of rotatable bonds is 6. The Balaban J connectivity index is 2.02. The third kappa shape index (κ3) is 4.31. The molecular formula is C16H19NO3S. The lowest BCUT2D eigenvalue weighted by molar-refractivity contribution is 0.414. The Labute approximate surface area is 125 Å². The predicted octanol–water partition coefficient (Wildman–Crippen LogP) is 2.60. The molecule has 0 heterocycles. The second kappa shape index (κ2) is 6.74. The minimum Gasteiger partial charge on any atom is -0.497 e. The first-order chi connectivity index (χ1) is 10.0. The van der Waals surface area contributed by atoms with Gasteiger partial charge in [-0.3, -0.25) is 0 Å². The van der Waals surface area contributed by atoms with E-state index >= 15 is 0 Å². The number of benzene rings is 2. The van der Waals surface area contributed by atoms with Gasteiger partial charge in [0.2, 0.25) is 10.0 Å². The molecule has 0 aliphatic heterocycles. The molecule has 1 N–H and O–H groups in total. The maximum Gasteiger partial charge on any atom is 0.240 e. The number of sulfonamides is 1. The van der Waals surface area contributed by atoms with Crippen molar-refractivity contribution in [2.24, 2.45) is 0 Å². The van der Waals surface area contributed by atoms with Gasteiger partial charge in [0.05, 0.1) is 12.0 Å². The standard InChI is InChI=1S/C16H19NO3S/c1-13(12-14-8-10-15(20-2)11-9-14)17-21(18,19)16-6-4-3-5-7-16/h3-11,13,17H,12H2,1-2H3/t13-/m1/s1. The lowest BCUT2D eigenvalue weighted by Crippen LogP contribution is -2.34. The fourth-order valence-corrected chi connectivity index (χ4v) is 3.35. The van der Waals surface area contributed by atoms with E-state index in [1.807, 2.05) is 31.2 Å². The van der Waals surface area contributed by atoms with E-state index in [0.717, 1.165) is 11.3 Å². The van der Waals surface area contributed by atoms with Crippen molar-refractivity contribution in [3.8, 4) is 5.75 Å². The fourth-order valence-electron chi connectivity index (χ4n) is 2.09. The van der Waals surface area contributed by atoms with Gasteiger partial charge in [-0.05, 0) is 43.2 Å². The number of ether oxygens (including phenoxy) is 1. The lowest BCUT2D eigenvalue weighted by atomic mass is 10.1. The second-order valence-corrected chi connectivity index (χ2v) is 6.60. The van der Waals surface area contributed by atoms with E-state index < -0.39 is 10.0 Å². The topological polar surface area (TPSA) is 55.4 Å². The molecule has 0 unspecified atom stereocenters.